The summed E-state index contributed by atoms with van der Waals surface area (Å²) < 4.78 is 0. The second kappa shape index (κ2) is 5.54. The Labute approximate surface area is 118 Å². The highest BCUT2D eigenvalue weighted by Gasteiger charge is 2.32. The largest absolute Gasteiger partial charge is 0.362 e. The smallest absolute Gasteiger partial charge is 0.0473 e. The van der Waals surface area contributed by atoms with Crippen LogP contribution >= 0.6 is 0 Å². The van der Waals surface area contributed by atoms with Crippen LogP contribution < -0.4 is 10.2 Å². The SMILES string of the molecule is CC(C)c1ccc(N2C(C)CCNCC2(C)C)cc1. The van der Waals surface area contributed by atoms with Crippen LogP contribution in [0, 0.1) is 0 Å². The van der Waals surface area contributed by atoms with E-state index in [0.29, 0.717) is 12.0 Å². The van der Waals surface area contributed by atoms with Crippen molar-refractivity contribution in [3.05, 3.63) is 29.8 Å². The molecule has 106 valence electrons. The lowest BCUT2D eigenvalue weighted by Crippen LogP contribution is -2.51. The van der Waals surface area contributed by atoms with Gasteiger partial charge in [0, 0.05) is 23.8 Å². The van der Waals surface area contributed by atoms with Crippen LogP contribution in [-0.2, 0) is 0 Å². The first kappa shape index (κ1) is 14.4. The molecule has 1 aliphatic rings. The van der Waals surface area contributed by atoms with Crippen LogP contribution in [0.3, 0.4) is 0 Å². The van der Waals surface area contributed by atoms with Crippen LogP contribution in [0.15, 0.2) is 24.3 Å². The molecule has 1 aromatic rings. The molecule has 1 unspecified atom stereocenters. The molecule has 0 aromatic heterocycles. The van der Waals surface area contributed by atoms with Crippen LogP contribution in [0.1, 0.15) is 52.5 Å². The van der Waals surface area contributed by atoms with Crippen LogP contribution in [0.4, 0.5) is 5.69 Å². The minimum absolute atomic E-state index is 0.162. The molecular formula is C17H28N2. The first-order valence-corrected chi connectivity index (χ1v) is 7.52. The normalized spacial score (nSPS) is 23.5. The molecule has 0 spiro atoms. The molecule has 1 aliphatic heterocycles. The molecule has 1 fully saturated rings. The van der Waals surface area contributed by atoms with E-state index in [-0.39, 0.29) is 5.54 Å². The molecule has 0 radical (unpaired) electrons. The van der Waals surface area contributed by atoms with Gasteiger partial charge in [-0.15, -0.1) is 0 Å². The molecule has 1 aromatic carbocycles. The van der Waals surface area contributed by atoms with E-state index in [9.17, 15) is 0 Å². The molecule has 1 saturated heterocycles. The summed E-state index contributed by atoms with van der Waals surface area (Å²) in [5.41, 5.74) is 2.93. The Balaban J connectivity index is 2.31. The predicted molar refractivity (Wildman–Crippen MR) is 84.0 cm³/mol. The second-order valence-corrected chi connectivity index (χ2v) is 6.74. The van der Waals surface area contributed by atoms with Gasteiger partial charge in [0.05, 0.1) is 0 Å². The van der Waals surface area contributed by atoms with Crippen molar-refractivity contribution in [2.75, 3.05) is 18.0 Å². The molecule has 1 heterocycles. The average Bonchev–Trinajstić information content (AvgIpc) is 2.47. The Morgan fingerprint density at radius 2 is 1.84 bits per heavy atom. The van der Waals surface area contributed by atoms with Crippen molar-refractivity contribution in [2.24, 2.45) is 0 Å². The number of nitrogens with zero attached hydrogens (tertiary/aromatic N) is 1. The van der Waals surface area contributed by atoms with Gasteiger partial charge in [-0.2, -0.15) is 0 Å². The number of hydrogen-bond acceptors (Lipinski definition) is 2. The van der Waals surface area contributed by atoms with Gasteiger partial charge in [-0.1, -0.05) is 26.0 Å². The zero-order valence-electron chi connectivity index (χ0n) is 13.0. The lowest BCUT2D eigenvalue weighted by atomic mass is 9.97. The maximum atomic E-state index is 3.56. The molecule has 0 bridgehead atoms. The maximum absolute atomic E-state index is 3.56. The Hall–Kier alpha value is -1.02. The number of anilines is 1. The summed E-state index contributed by atoms with van der Waals surface area (Å²) >= 11 is 0. The molecule has 0 saturated carbocycles. The summed E-state index contributed by atoms with van der Waals surface area (Å²) in [7, 11) is 0. The van der Waals surface area contributed by atoms with Crippen molar-refractivity contribution >= 4 is 5.69 Å². The van der Waals surface area contributed by atoms with Gasteiger partial charge in [-0.25, -0.2) is 0 Å². The zero-order chi connectivity index (χ0) is 14.0. The third kappa shape index (κ3) is 3.11. The number of nitrogens with one attached hydrogen (secondary N) is 1. The highest BCUT2D eigenvalue weighted by Crippen LogP contribution is 2.30. The Bertz CT molecular complexity index is 406. The molecule has 19 heavy (non-hydrogen) atoms. The molecule has 0 amide bonds. The molecular weight excluding hydrogens is 232 g/mol. The van der Waals surface area contributed by atoms with Crippen LogP contribution in [-0.4, -0.2) is 24.7 Å². The van der Waals surface area contributed by atoms with E-state index in [2.05, 4.69) is 69.1 Å². The summed E-state index contributed by atoms with van der Waals surface area (Å²) in [5, 5.41) is 3.56. The number of benzene rings is 1. The van der Waals surface area contributed by atoms with Crippen molar-refractivity contribution in [2.45, 2.75) is 58.5 Å². The summed E-state index contributed by atoms with van der Waals surface area (Å²) in [4.78, 5) is 2.58. The third-order valence-electron chi connectivity index (χ3n) is 4.23. The summed E-state index contributed by atoms with van der Waals surface area (Å²) in [6.07, 6.45) is 1.20. The van der Waals surface area contributed by atoms with Gasteiger partial charge in [0.2, 0.25) is 0 Å². The van der Waals surface area contributed by atoms with Gasteiger partial charge in [0.15, 0.2) is 0 Å². The predicted octanol–water partition coefficient (Wildman–Crippen LogP) is 3.78. The third-order valence-corrected chi connectivity index (χ3v) is 4.23. The molecule has 1 atom stereocenters. The van der Waals surface area contributed by atoms with E-state index in [0.717, 1.165) is 13.1 Å². The maximum Gasteiger partial charge on any atom is 0.0473 e. The van der Waals surface area contributed by atoms with Crippen molar-refractivity contribution < 1.29 is 0 Å². The molecule has 0 aliphatic carbocycles. The highest BCUT2D eigenvalue weighted by atomic mass is 15.2. The zero-order valence-corrected chi connectivity index (χ0v) is 13.0. The monoisotopic (exact) mass is 260 g/mol. The number of rotatable bonds is 2. The van der Waals surface area contributed by atoms with Crippen LogP contribution in [0.25, 0.3) is 0 Å². The van der Waals surface area contributed by atoms with Gasteiger partial charge >= 0.3 is 0 Å². The van der Waals surface area contributed by atoms with E-state index in [1.54, 1.807) is 0 Å². The first-order chi connectivity index (χ1) is 8.92. The molecule has 1 N–H and O–H groups in total. The second-order valence-electron chi connectivity index (χ2n) is 6.74. The minimum Gasteiger partial charge on any atom is -0.362 e. The van der Waals surface area contributed by atoms with Gasteiger partial charge in [-0.3, -0.25) is 0 Å². The van der Waals surface area contributed by atoms with Crippen LogP contribution in [0.5, 0.6) is 0 Å². The fraction of sp³-hybridized carbons (Fsp3) is 0.647. The van der Waals surface area contributed by atoms with Crippen molar-refractivity contribution in [3.8, 4) is 0 Å². The summed E-state index contributed by atoms with van der Waals surface area (Å²) in [6.45, 7) is 13.7. The van der Waals surface area contributed by atoms with Crippen LogP contribution in [0.2, 0.25) is 0 Å². The van der Waals surface area contributed by atoms with Crippen molar-refractivity contribution in [1.29, 1.82) is 0 Å². The standard InChI is InChI=1S/C17H28N2/c1-13(2)15-6-8-16(9-7-15)19-14(3)10-11-18-12-17(19,4)5/h6-9,13-14,18H,10-12H2,1-5H3. The lowest BCUT2D eigenvalue weighted by molar-refractivity contribution is 0.433. The average molecular weight is 260 g/mol. The van der Waals surface area contributed by atoms with E-state index in [1.807, 2.05) is 0 Å². The van der Waals surface area contributed by atoms with E-state index < -0.39 is 0 Å². The number of hydrogen-bond donors (Lipinski definition) is 1. The highest BCUT2D eigenvalue weighted by molar-refractivity contribution is 5.51. The lowest BCUT2D eigenvalue weighted by Gasteiger charge is -2.43. The summed E-state index contributed by atoms with van der Waals surface area (Å²) in [6, 6.07) is 9.72. The topological polar surface area (TPSA) is 15.3 Å². The van der Waals surface area contributed by atoms with Gasteiger partial charge in [0.1, 0.15) is 0 Å². The fourth-order valence-electron chi connectivity index (χ4n) is 3.14. The van der Waals surface area contributed by atoms with Crippen molar-refractivity contribution in [1.82, 2.24) is 5.32 Å². The Kier molecular flexibility index (Phi) is 4.19. The van der Waals surface area contributed by atoms with Crippen molar-refractivity contribution in [3.63, 3.8) is 0 Å². The first-order valence-electron chi connectivity index (χ1n) is 7.52. The molecule has 2 heteroatoms. The quantitative estimate of drug-likeness (QED) is 0.870. The summed E-state index contributed by atoms with van der Waals surface area (Å²) in [5.74, 6) is 0.602. The van der Waals surface area contributed by atoms with E-state index in [4.69, 9.17) is 0 Å². The fourth-order valence-corrected chi connectivity index (χ4v) is 3.14. The van der Waals surface area contributed by atoms with Gasteiger partial charge in [-0.05, 0) is 57.4 Å². The Morgan fingerprint density at radius 1 is 1.21 bits per heavy atom. The molecule has 2 rings (SSSR count). The van der Waals surface area contributed by atoms with Gasteiger partial charge < -0.3 is 10.2 Å². The van der Waals surface area contributed by atoms with E-state index in [1.165, 1.54) is 17.7 Å². The Morgan fingerprint density at radius 3 is 2.42 bits per heavy atom. The minimum atomic E-state index is 0.162. The molecule has 2 nitrogen and oxygen atoms in total. The van der Waals surface area contributed by atoms with Gasteiger partial charge in [0.25, 0.3) is 0 Å². The van der Waals surface area contributed by atoms with E-state index >= 15 is 0 Å².